The molecule has 1 atom stereocenters. The number of hydrogen-bond acceptors (Lipinski definition) is 4. The topological polar surface area (TPSA) is 39.9 Å². The van der Waals surface area contributed by atoms with E-state index in [-0.39, 0.29) is 5.92 Å². The highest BCUT2D eigenvalue weighted by atomic mass is 16.3. The van der Waals surface area contributed by atoms with Crippen LogP contribution in [0.5, 0.6) is 0 Å². The fourth-order valence-corrected chi connectivity index (χ4v) is 5.51. The number of amides is 1. The lowest BCUT2D eigenvalue weighted by Gasteiger charge is -2.42. The Bertz CT molecular complexity index is 801. The first-order valence-corrected chi connectivity index (χ1v) is 11.5. The Balaban J connectivity index is 1.13. The SMILES string of the molecule is O=C([C@H]1CCCN(C2CCN(Cc3cc4ccccc4o3)CC2)C1)N1CCCC1. The summed E-state index contributed by atoms with van der Waals surface area (Å²) in [6.45, 7) is 7.23. The summed E-state index contributed by atoms with van der Waals surface area (Å²) in [5.74, 6) is 1.73. The lowest BCUT2D eigenvalue weighted by Crippen LogP contribution is -2.50. The minimum absolute atomic E-state index is 0.232. The predicted octanol–water partition coefficient (Wildman–Crippen LogP) is 3.73. The molecule has 2 aromatic rings. The van der Waals surface area contributed by atoms with Gasteiger partial charge in [0.05, 0.1) is 12.5 Å². The summed E-state index contributed by atoms with van der Waals surface area (Å²) in [5, 5.41) is 1.19. The van der Waals surface area contributed by atoms with Crippen LogP contribution in [0.3, 0.4) is 0 Å². The Morgan fingerprint density at radius 2 is 1.76 bits per heavy atom. The van der Waals surface area contributed by atoms with Crippen molar-refractivity contribution in [3.05, 3.63) is 36.1 Å². The second-order valence-electron chi connectivity index (χ2n) is 9.12. The molecule has 1 aromatic carbocycles. The second kappa shape index (κ2) is 8.49. The number of rotatable bonds is 4. The van der Waals surface area contributed by atoms with Crippen LogP contribution in [0.15, 0.2) is 34.7 Å². The number of para-hydroxylation sites is 1. The van der Waals surface area contributed by atoms with Gasteiger partial charge in [-0.05, 0) is 57.2 Å². The van der Waals surface area contributed by atoms with Crippen LogP contribution in [0.2, 0.25) is 0 Å². The van der Waals surface area contributed by atoms with Gasteiger partial charge in [0, 0.05) is 44.2 Å². The molecule has 0 bridgehead atoms. The number of hydrogen-bond donors (Lipinski definition) is 0. The van der Waals surface area contributed by atoms with Gasteiger partial charge in [0.2, 0.25) is 5.91 Å². The van der Waals surface area contributed by atoms with E-state index in [1.807, 2.05) is 12.1 Å². The van der Waals surface area contributed by atoms with Gasteiger partial charge in [-0.3, -0.25) is 14.6 Å². The van der Waals surface area contributed by atoms with E-state index in [4.69, 9.17) is 4.42 Å². The zero-order valence-corrected chi connectivity index (χ0v) is 17.4. The first-order chi connectivity index (χ1) is 14.3. The van der Waals surface area contributed by atoms with Crippen LogP contribution in [0.4, 0.5) is 0 Å². The number of carbonyl (C=O) groups excluding carboxylic acids is 1. The molecule has 0 unspecified atom stereocenters. The third kappa shape index (κ3) is 4.22. The van der Waals surface area contributed by atoms with E-state index in [1.165, 1.54) is 37.5 Å². The minimum Gasteiger partial charge on any atom is -0.460 e. The molecule has 0 aliphatic carbocycles. The predicted molar refractivity (Wildman–Crippen MR) is 115 cm³/mol. The van der Waals surface area contributed by atoms with Crippen LogP contribution < -0.4 is 0 Å². The molecule has 3 fully saturated rings. The quantitative estimate of drug-likeness (QED) is 0.791. The minimum atomic E-state index is 0.232. The Kier molecular flexibility index (Phi) is 5.60. The number of nitrogens with zero attached hydrogens (tertiary/aromatic N) is 3. The number of carbonyl (C=O) groups is 1. The smallest absolute Gasteiger partial charge is 0.226 e. The summed E-state index contributed by atoms with van der Waals surface area (Å²) in [6, 6.07) is 11.1. The highest BCUT2D eigenvalue weighted by molar-refractivity contribution is 5.79. The molecule has 3 aliphatic rings. The zero-order chi connectivity index (χ0) is 19.6. The van der Waals surface area contributed by atoms with Gasteiger partial charge in [0.25, 0.3) is 0 Å². The van der Waals surface area contributed by atoms with Crippen LogP contribution in [0.1, 0.15) is 44.3 Å². The van der Waals surface area contributed by atoms with E-state index < -0.39 is 0 Å². The van der Waals surface area contributed by atoms with Gasteiger partial charge in [-0.25, -0.2) is 0 Å². The molecule has 0 radical (unpaired) electrons. The normalized spacial score (nSPS) is 25.1. The summed E-state index contributed by atoms with van der Waals surface area (Å²) in [7, 11) is 0. The lowest BCUT2D eigenvalue weighted by atomic mass is 9.93. The maximum atomic E-state index is 12.8. The fourth-order valence-electron chi connectivity index (χ4n) is 5.51. The molecule has 5 heteroatoms. The first kappa shape index (κ1) is 19.1. The van der Waals surface area contributed by atoms with E-state index in [2.05, 4.69) is 32.9 Å². The average Bonchev–Trinajstić information content (AvgIpc) is 3.43. The molecule has 4 heterocycles. The van der Waals surface area contributed by atoms with E-state index in [9.17, 15) is 4.79 Å². The molecule has 156 valence electrons. The highest BCUT2D eigenvalue weighted by Crippen LogP contribution is 2.27. The van der Waals surface area contributed by atoms with Gasteiger partial charge in [0.15, 0.2) is 0 Å². The Morgan fingerprint density at radius 1 is 0.966 bits per heavy atom. The Morgan fingerprint density at radius 3 is 2.55 bits per heavy atom. The maximum absolute atomic E-state index is 12.8. The van der Waals surface area contributed by atoms with Crippen LogP contribution in [0, 0.1) is 5.92 Å². The summed E-state index contributed by atoms with van der Waals surface area (Å²) in [5.41, 5.74) is 0.986. The molecule has 1 amide bonds. The van der Waals surface area contributed by atoms with Gasteiger partial charge in [-0.1, -0.05) is 18.2 Å². The van der Waals surface area contributed by atoms with Crippen molar-refractivity contribution >= 4 is 16.9 Å². The maximum Gasteiger partial charge on any atom is 0.226 e. The third-order valence-electron chi connectivity index (χ3n) is 7.15. The summed E-state index contributed by atoms with van der Waals surface area (Å²) in [4.78, 5) is 20.1. The van der Waals surface area contributed by atoms with Crippen molar-refractivity contribution in [2.75, 3.05) is 39.3 Å². The lowest BCUT2D eigenvalue weighted by molar-refractivity contribution is -0.136. The molecule has 3 aliphatic heterocycles. The first-order valence-electron chi connectivity index (χ1n) is 11.5. The van der Waals surface area contributed by atoms with Crippen molar-refractivity contribution in [2.45, 2.75) is 51.1 Å². The summed E-state index contributed by atoms with van der Waals surface area (Å²) in [6.07, 6.45) is 7.02. The van der Waals surface area contributed by atoms with Crippen LogP contribution >= 0.6 is 0 Å². The van der Waals surface area contributed by atoms with E-state index in [0.29, 0.717) is 11.9 Å². The number of likely N-dealkylation sites (tertiary alicyclic amines) is 3. The molecule has 0 saturated carbocycles. The molecular weight excluding hydrogens is 362 g/mol. The number of furan rings is 1. The zero-order valence-electron chi connectivity index (χ0n) is 17.4. The Hall–Kier alpha value is -1.85. The molecule has 1 aromatic heterocycles. The van der Waals surface area contributed by atoms with Crippen molar-refractivity contribution in [3.8, 4) is 0 Å². The summed E-state index contributed by atoms with van der Waals surface area (Å²) >= 11 is 0. The number of benzene rings is 1. The molecule has 5 rings (SSSR count). The van der Waals surface area contributed by atoms with Gasteiger partial charge in [0.1, 0.15) is 11.3 Å². The average molecular weight is 396 g/mol. The molecule has 0 N–H and O–H groups in total. The van der Waals surface area contributed by atoms with Crippen molar-refractivity contribution in [2.24, 2.45) is 5.92 Å². The van der Waals surface area contributed by atoms with Gasteiger partial charge in [-0.15, -0.1) is 0 Å². The molecular formula is C24H33N3O2. The van der Waals surface area contributed by atoms with E-state index in [1.54, 1.807) is 0 Å². The van der Waals surface area contributed by atoms with Crippen molar-refractivity contribution in [3.63, 3.8) is 0 Å². The fraction of sp³-hybridized carbons (Fsp3) is 0.625. The third-order valence-corrected chi connectivity index (χ3v) is 7.15. The second-order valence-corrected chi connectivity index (χ2v) is 9.12. The standard InChI is InChI=1S/C24H33N3O2/c28-24(26-11-3-4-12-26)20-7-5-13-27(17-20)21-9-14-25(15-10-21)18-22-16-19-6-1-2-8-23(19)29-22/h1-2,6,8,16,20-21H,3-5,7,9-15,17-18H2/t20-/m0/s1. The molecule has 0 spiro atoms. The number of fused-ring (bicyclic) bond motifs is 1. The summed E-state index contributed by atoms with van der Waals surface area (Å²) < 4.78 is 6.01. The van der Waals surface area contributed by atoms with Gasteiger partial charge in [-0.2, -0.15) is 0 Å². The van der Waals surface area contributed by atoms with Gasteiger partial charge >= 0.3 is 0 Å². The molecule has 29 heavy (non-hydrogen) atoms. The monoisotopic (exact) mass is 395 g/mol. The largest absolute Gasteiger partial charge is 0.460 e. The van der Waals surface area contributed by atoms with Crippen LogP contribution in [-0.2, 0) is 11.3 Å². The van der Waals surface area contributed by atoms with Crippen molar-refractivity contribution in [1.82, 2.24) is 14.7 Å². The molecule has 5 nitrogen and oxygen atoms in total. The van der Waals surface area contributed by atoms with Crippen LogP contribution in [-0.4, -0.2) is 65.9 Å². The molecule has 3 saturated heterocycles. The van der Waals surface area contributed by atoms with Crippen molar-refractivity contribution < 1.29 is 9.21 Å². The number of piperidine rings is 2. The van der Waals surface area contributed by atoms with E-state index in [0.717, 1.165) is 63.6 Å². The van der Waals surface area contributed by atoms with Crippen molar-refractivity contribution in [1.29, 1.82) is 0 Å². The van der Waals surface area contributed by atoms with Gasteiger partial charge < -0.3 is 9.32 Å². The highest BCUT2D eigenvalue weighted by Gasteiger charge is 2.34. The van der Waals surface area contributed by atoms with E-state index >= 15 is 0 Å². The van der Waals surface area contributed by atoms with Crippen LogP contribution in [0.25, 0.3) is 11.0 Å². The Labute approximate surface area is 173 Å².